The molecule has 24 heavy (non-hydrogen) atoms. The maximum atomic E-state index is 11.6. The second-order valence-electron chi connectivity index (χ2n) is 5.90. The summed E-state index contributed by atoms with van der Waals surface area (Å²) < 4.78 is 1.08. The highest BCUT2D eigenvalue weighted by atomic mass is 127. The molecule has 0 atom stereocenters. The molecule has 1 aromatic carbocycles. The van der Waals surface area contributed by atoms with E-state index in [4.69, 9.17) is 0 Å². The normalized spacial score (nSPS) is 13.9. The zero-order valence-electron chi connectivity index (χ0n) is 14.2. The Labute approximate surface area is 169 Å². The Morgan fingerprint density at radius 1 is 1.33 bits per heavy atom. The van der Waals surface area contributed by atoms with Gasteiger partial charge in [-0.1, -0.05) is 28.1 Å². The number of nitrogens with one attached hydrogen (secondary N) is 2. The number of aliphatic imine (C=N–C) groups is 1. The van der Waals surface area contributed by atoms with E-state index >= 15 is 0 Å². The monoisotopic (exact) mass is 508 g/mol. The van der Waals surface area contributed by atoms with Gasteiger partial charge in [0, 0.05) is 44.1 Å². The number of guanidine groups is 1. The van der Waals surface area contributed by atoms with Crippen molar-refractivity contribution in [3.05, 3.63) is 34.3 Å². The van der Waals surface area contributed by atoms with Gasteiger partial charge in [0.25, 0.3) is 0 Å². The van der Waals surface area contributed by atoms with Gasteiger partial charge in [-0.2, -0.15) is 0 Å². The van der Waals surface area contributed by atoms with Crippen molar-refractivity contribution < 1.29 is 4.79 Å². The summed E-state index contributed by atoms with van der Waals surface area (Å²) in [5.41, 5.74) is 1.22. The lowest BCUT2D eigenvalue weighted by molar-refractivity contribution is -0.121. The van der Waals surface area contributed by atoms with Crippen LogP contribution in [-0.2, 0) is 11.3 Å². The fraction of sp³-hybridized carbons (Fsp3) is 0.529. The second kappa shape index (κ2) is 10.9. The highest BCUT2D eigenvalue weighted by Gasteiger charge is 2.22. The molecule has 0 aromatic heterocycles. The Hall–Kier alpha value is -0.830. The third-order valence-corrected chi connectivity index (χ3v) is 4.24. The Kier molecular flexibility index (Phi) is 9.65. The zero-order chi connectivity index (χ0) is 16.7. The summed E-state index contributed by atoms with van der Waals surface area (Å²) in [4.78, 5) is 18.0. The topological polar surface area (TPSA) is 56.7 Å². The van der Waals surface area contributed by atoms with Crippen LogP contribution in [0.2, 0.25) is 0 Å². The summed E-state index contributed by atoms with van der Waals surface area (Å²) in [6, 6.07) is 8.71. The predicted molar refractivity (Wildman–Crippen MR) is 113 cm³/mol. The summed E-state index contributed by atoms with van der Waals surface area (Å²) in [5, 5.41) is 6.32. The molecule has 0 bridgehead atoms. The van der Waals surface area contributed by atoms with Gasteiger partial charge in [0.1, 0.15) is 0 Å². The minimum Gasteiger partial charge on any atom is -0.356 e. The highest BCUT2D eigenvalue weighted by Crippen LogP contribution is 2.18. The number of carbonyl (C=O) groups is 1. The van der Waals surface area contributed by atoms with E-state index in [0.717, 1.165) is 42.8 Å². The van der Waals surface area contributed by atoms with Crippen molar-refractivity contribution in [3.63, 3.8) is 0 Å². The Morgan fingerprint density at radius 2 is 2.00 bits per heavy atom. The lowest BCUT2D eigenvalue weighted by atomic mass is 10.2. The fourth-order valence-electron chi connectivity index (χ4n) is 2.30. The highest BCUT2D eigenvalue weighted by molar-refractivity contribution is 14.0. The quantitative estimate of drug-likeness (QED) is 0.257. The molecule has 7 heteroatoms. The van der Waals surface area contributed by atoms with Gasteiger partial charge in [0.2, 0.25) is 5.91 Å². The van der Waals surface area contributed by atoms with Gasteiger partial charge in [-0.3, -0.25) is 9.79 Å². The third-order valence-electron chi connectivity index (χ3n) is 3.71. The van der Waals surface area contributed by atoms with E-state index in [9.17, 15) is 4.79 Å². The SMILES string of the molecule is CN=C(NCCCC(=O)NC1CC1)N(C)Cc1ccc(Br)cc1.I. The largest absolute Gasteiger partial charge is 0.356 e. The Bertz CT molecular complexity index is 546. The first-order valence-electron chi connectivity index (χ1n) is 8.04. The van der Waals surface area contributed by atoms with Gasteiger partial charge in [0.05, 0.1) is 0 Å². The summed E-state index contributed by atoms with van der Waals surface area (Å²) in [7, 11) is 3.79. The molecule has 1 fully saturated rings. The van der Waals surface area contributed by atoms with Gasteiger partial charge in [0.15, 0.2) is 5.96 Å². The molecule has 1 saturated carbocycles. The van der Waals surface area contributed by atoms with Crippen LogP contribution in [0.1, 0.15) is 31.2 Å². The molecule has 2 rings (SSSR count). The van der Waals surface area contributed by atoms with Crippen LogP contribution < -0.4 is 10.6 Å². The fourth-order valence-corrected chi connectivity index (χ4v) is 2.56. The number of nitrogens with zero attached hydrogens (tertiary/aromatic N) is 2. The van der Waals surface area contributed by atoms with Crippen LogP contribution >= 0.6 is 39.9 Å². The minimum atomic E-state index is 0. The van der Waals surface area contributed by atoms with Gasteiger partial charge < -0.3 is 15.5 Å². The Morgan fingerprint density at radius 3 is 2.58 bits per heavy atom. The van der Waals surface area contributed by atoms with Gasteiger partial charge in [-0.25, -0.2) is 0 Å². The van der Waals surface area contributed by atoms with E-state index in [0.29, 0.717) is 12.5 Å². The molecule has 1 aliphatic rings. The van der Waals surface area contributed by atoms with Crippen molar-refractivity contribution >= 4 is 51.8 Å². The first-order valence-corrected chi connectivity index (χ1v) is 8.83. The lowest BCUT2D eigenvalue weighted by Gasteiger charge is -2.22. The lowest BCUT2D eigenvalue weighted by Crippen LogP contribution is -2.39. The van der Waals surface area contributed by atoms with Crippen molar-refractivity contribution in [2.24, 2.45) is 4.99 Å². The van der Waals surface area contributed by atoms with Crippen LogP contribution in [0.3, 0.4) is 0 Å². The first-order chi connectivity index (χ1) is 11.1. The number of benzene rings is 1. The number of hydrogen-bond acceptors (Lipinski definition) is 2. The average Bonchev–Trinajstić information content (AvgIpc) is 3.33. The number of rotatable bonds is 7. The van der Waals surface area contributed by atoms with Crippen LogP contribution in [0.15, 0.2) is 33.7 Å². The third kappa shape index (κ3) is 7.83. The maximum Gasteiger partial charge on any atom is 0.220 e. The predicted octanol–water partition coefficient (Wildman–Crippen LogP) is 3.13. The first kappa shape index (κ1) is 21.2. The molecule has 0 spiro atoms. The summed E-state index contributed by atoms with van der Waals surface area (Å²) >= 11 is 3.44. The Balaban J connectivity index is 0.00000288. The van der Waals surface area contributed by atoms with Crippen molar-refractivity contribution in [1.29, 1.82) is 0 Å². The van der Waals surface area contributed by atoms with Crippen LogP contribution in [-0.4, -0.2) is 43.4 Å². The zero-order valence-corrected chi connectivity index (χ0v) is 18.1. The molecule has 0 radical (unpaired) electrons. The molecule has 0 unspecified atom stereocenters. The van der Waals surface area contributed by atoms with Gasteiger partial charge in [-0.15, -0.1) is 24.0 Å². The number of amides is 1. The van der Waals surface area contributed by atoms with Crippen LogP contribution in [0.25, 0.3) is 0 Å². The summed E-state index contributed by atoms with van der Waals surface area (Å²) in [6.45, 7) is 1.53. The molecular formula is C17H26BrIN4O. The van der Waals surface area contributed by atoms with Crippen molar-refractivity contribution in [1.82, 2.24) is 15.5 Å². The van der Waals surface area contributed by atoms with Crippen molar-refractivity contribution in [3.8, 4) is 0 Å². The number of hydrogen-bond donors (Lipinski definition) is 2. The van der Waals surface area contributed by atoms with Crippen LogP contribution in [0, 0.1) is 0 Å². The number of carbonyl (C=O) groups excluding carboxylic acids is 1. The molecule has 0 aliphatic heterocycles. The van der Waals surface area contributed by atoms with Crippen molar-refractivity contribution in [2.45, 2.75) is 38.3 Å². The molecule has 134 valence electrons. The summed E-state index contributed by atoms with van der Waals surface area (Å²) in [6.07, 6.45) is 3.65. The second-order valence-corrected chi connectivity index (χ2v) is 6.82. The maximum absolute atomic E-state index is 11.6. The van der Waals surface area contributed by atoms with E-state index in [-0.39, 0.29) is 29.9 Å². The van der Waals surface area contributed by atoms with E-state index in [1.165, 1.54) is 5.56 Å². The van der Waals surface area contributed by atoms with E-state index in [1.807, 2.05) is 19.2 Å². The molecule has 5 nitrogen and oxygen atoms in total. The van der Waals surface area contributed by atoms with Gasteiger partial charge >= 0.3 is 0 Å². The van der Waals surface area contributed by atoms with Crippen molar-refractivity contribution in [2.75, 3.05) is 20.6 Å². The summed E-state index contributed by atoms with van der Waals surface area (Å²) in [5.74, 6) is 1.00. The van der Waals surface area contributed by atoms with Crippen LogP contribution in [0.4, 0.5) is 0 Å². The minimum absolute atomic E-state index is 0. The van der Waals surface area contributed by atoms with Crippen LogP contribution in [0.5, 0.6) is 0 Å². The standard InChI is InChI=1S/C17H25BrN4O.HI/c1-19-17(20-11-3-4-16(23)21-15-9-10-15)22(2)12-13-5-7-14(18)8-6-13;/h5-8,15H,3-4,9-12H2,1-2H3,(H,19,20)(H,21,23);1H. The molecule has 1 aliphatic carbocycles. The molecule has 1 aromatic rings. The molecule has 1 amide bonds. The molecule has 0 saturated heterocycles. The molecular weight excluding hydrogens is 483 g/mol. The smallest absolute Gasteiger partial charge is 0.220 e. The number of halogens is 2. The molecule has 0 heterocycles. The molecule has 2 N–H and O–H groups in total. The van der Waals surface area contributed by atoms with E-state index < -0.39 is 0 Å². The van der Waals surface area contributed by atoms with E-state index in [2.05, 4.69) is 48.6 Å². The average molecular weight is 509 g/mol. The van der Waals surface area contributed by atoms with Gasteiger partial charge in [-0.05, 0) is 37.0 Å². The van der Waals surface area contributed by atoms with E-state index in [1.54, 1.807) is 7.05 Å².